The maximum Gasteiger partial charge on any atom is 0.275 e. The van der Waals surface area contributed by atoms with Crippen LogP contribution in [0.5, 0.6) is 0 Å². The van der Waals surface area contributed by atoms with E-state index in [0.717, 1.165) is 29.8 Å². The number of nitrogens with one attached hydrogen (secondary N) is 1. The number of rotatable bonds is 4. The molecule has 120 valence electrons. The molecule has 1 saturated carbocycles. The Kier molecular flexibility index (Phi) is 3.61. The molecule has 2 aromatic heterocycles. The molecule has 1 aliphatic carbocycles. The molecule has 24 heavy (non-hydrogen) atoms. The summed E-state index contributed by atoms with van der Waals surface area (Å²) >= 11 is 0. The summed E-state index contributed by atoms with van der Waals surface area (Å²) in [7, 11) is 0. The summed E-state index contributed by atoms with van der Waals surface area (Å²) in [5.41, 5.74) is 3.33. The Labute approximate surface area is 140 Å². The third-order valence-electron chi connectivity index (χ3n) is 4.20. The summed E-state index contributed by atoms with van der Waals surface area (Å²) in [6.45, 7) is 1.92. The lowest BCUT2D eigenvalue weighted by Crippen LogP contribution is -2.18. The second-order valence-corrected chi connectivity index (χ2v) is 6.10. The molecule has 4 rings (SSSR count). The van der Waals surface area contributed by atoms with Crippen molar-refractivity contribution in [2.75, 3.05) is 5.32 Å². The molecular formula is C19H18N4O. The van der Waals surface area contributed by atoms with Crippen molar-refractivity contribution in [2.24, 2.45) is 0 Å². The van der Waals surface area contributed by atoms with Crippen LogP contribution in [0.4, 0.5) is 5.82 Å². The van der Waals surface area contributed by atoms with Crippen LogP contribution in [0, 0.1) is 6.92 Å². The van der Waals surface area contributed by atoms with Crippen molar-refractivity contribution >= 4 is 11.7 Å². The number of anilines is 1. The lowest BCUT2D eigenvalue weighted by molar-refractivity contribution is 0.101. The average molecular weight is 318 g/mol. The zero-order chi connectivity index (χ0) is 16.5. The van der Waals surface area contributed by atoms with Crippen molar-refractivity contribution in [2.45, 2.75) is 25.7 Å². The van der Waals surface area contributed by atoms with Gasteiger partial charge in [-0.05, 0) is 49.6 Å². The van der Waals surface area contributed by atoms with Crippen LogP contribution in [0.2, 0.25) is 0 Å². The van der Waals surface area contributed by atoms with Gasteiger partial charge in [0, 0.05) is 12.1 Å². The number of para-hydroxylation sites is 1. The number of carbonyl (C=O) groups is 1. The molecule has 0 bridgehead atoms. The minimum Gasteiger partial charge on any atom is -0.305 e. The van der Waals surface area contributed by atoms with E-state index in [0.29, 0.717) is 17.4 Å². The van der Waals surface area contributed by atoms with Gasteiger partial charge >= 0.3 is 0 Å². The summed E-state index contributed by atoms with van der Waals surface area (Å²) in [5.74, 6) is 0.870. The van der Waals surface area contributed by atoms with Gasteiger partial charge in [0.2, 0.25) is 0 Å². The number of hydrogen-bond acceptors (Lipinski definition) is 3. The first-order valence-corrected chi connectivity index (χ1v) is 8.11. The van der Waals surface area contributed by atoms with Crippen LogP contribution in [-0.4, -0.2) is 20.7 Å². The average Bonchev–Trinajstić information content (AvgIpc) is 3.36. The summed E-state index contributed by atoms with van der Waals surface area (Å²) in [4.78, 5) is 17.0. The van der Waals surface area contributed by atoms with Gasteiger partial charge in [-0.3, -0.25) is 4.79 Å². The Morgan fingerprint density at radius 1 is 1.17 bits per heavy atom. The van der Waals surface area contributed by atoms with Gasteiger partial charge in [0.25, 0.3) is 5.91 Å². The SMILES string of the molecule is Cc1cccnc1NC(=O)c1cc(C2CC2)nn1-c1ccccc1. The van der Waals surface area contributed by atoms with Gasteiger partial charge in [-0.15, -0.1) is 0 Å². The second-order valence-electron chi connectivity index (χ2n) is 6.10. The van der Waals surface area contributed by atoms with Crippen LogP contribution in [0.25, 0.3) is 5.69 Å². The third kappa shape index (κ3) is 2.80. The highest BCUT2D eigenvalue weighted by atomic mass is 16.2. The molecule has 0 radical (unpaired) electrons. The topological polar surface area (TPSA) is 59.8 Å². The summed E-state index contributed by atoms with van der Waals surface area (Å²) < 4.78 is 1.72. The Bertz CT molecular complexity index is 881. The first-order valence-electron chi connectivity index (χ1n) is 8.11. The van der Waals surface area contributed by atoms with Crippen molar-refractivity contribution in [3.63, 3.8) is 0 Å². The fraction of sp³-hybridized carbons (Fsp3) is 0.211. The minimum atomic E-state index is -0.194. The summed E-state index contributed by atoms with van der Waals surface area (Å²) in [6, 6.07) is 15.4. The highest BCUT2D eigenvalue weighted by molar-refractivity contribution is 6.03. The highest BCUT2D eigenvalue weighted by Crippen LogP contribution is 2.39. The van der Waals surface area contributed by atoms with Crippen molar-refractivity contribution in [3.05, 3.63) is 71.7 Å². The monoisotopic (exact) mass is 318 g/mol. The van der Waals surface area contributed by atoms with Gasteiger partial charge in [-0.25, -0.2) is 9.67 Å². The molecule has 2 heterocycles. The number of benzene rings is 1. The van der Waals surface area contributed by atoms with Crippen LogP contribution in [0.3, 0.4) is 0 Å². The molecule has 1 aromatic carbocycles. The number of nitrogens with zero attached hydrogens (tertiary/aromatic N) is 3. The molecule has 1 amide bonds. The van der Waals surface area contributed by atoms with Crippen LogP contribution in [-0.2, 0) is 0 Å². The molecule has 5 heteroatoms. The highest BCUT2D eigenvalue weighted by Gasteiger charge is 2.29. The molecule has 3 aromatic rings. The molecule has 0 saturated heterocycles. The van der Waals surface area contributed by atoms with Crippen LogP contribution in [0.1, 0.15) is 40.5 Å². The molecule has 1 aliphatic rings. The lowest BCUT2D eigenvalue weighted by atomic mass is 10.2. The maximum atomic E-state index is 12.8. The first-order chi connectivity index (χ1) is 11.7. The quantitative estimate of drug-likeness (QED) is 0.798. The molecule has 0 aliphatic heterocycles. The van der Waals surface area contributed by atoms with Gasteiger partial charge in [0.05, 0.1) is 11.4 Å². The number of aromatic nitrogens is 3. The van der Waals surface area contributed by atoms with Gasteiger partial charge in [-0.2, -0.15) is 5.10 Å². The van der Waals surface area contributed by atoms with Crippen LogP contribution >= 0.6 is 0 Å². The van der Waals surface area contributed by atoms with E-state index in [4.69, 9.17) is 0 Å². The van der Waals surface area contributed by atoms with Crippen LogP contribution < -0.4 is 5.32 Å². The summed E-state index contributed by atoms with van der Waals surface area (Å²) in [5, 5.41) is 7.56. The van der Waals surface area contributed by atoms with Gasteiger partial charge in [-0.1, -0.05) is 24.3 Å². The third-order valence-corrected chi connectivity index (χ3v) is 4.20. The predicted molar refractivity (Wildman–Crippen MR) is 92.5 cm³/mol. The molecular weight excluding hydrogens is 300 g/mol. The number of aryl methyl sites for hydroxylation is 1. The maximum absolute atomic E-state index is 12.8. The van der Waals surface area contributed by atoms with Crippen molar-refractivity contribution in [1.29, 1.82) is 0 Å². The van der Waals surface area contributed by atoms with Gasteiger partial charge < -0.3 is 5.32 Å². The Morgan fingerprint density at radius 3 is 2.67 bits per heavy atom. The predicted octanol–water partition coefficient (Wildman–Crippen LogP) is 3.71. The van der Waals surface area contributed by atoms with Crippen molar-refractivity contribution in [3.8, 4) is 5.69 Å². The van der Waals surface area contributed by atoms with E-state index < -0.39 is 0 Å². The largest absolute Gasteiger partial charge is 0.305 e. The second kappa shape index (κ2) is 5.92. The molecule has 1 N–H and O–H groups in total. The smallest absolute Gasteiger partial charge is 0.275 e. The van der Waals surface area contributed by atoms with E-state index in [1.807, 2.05) is 55.5 Å². The molecule has 0 atom stereocenters. The summed E-state index contributed by atoms with van der Waals surface area (Å²) in [6.07, 6.45) is 3.96. The number of carbonyl (C=O) groups excluding carboxylic acids is 1. The van der Waals surface area contributed by atoms with Gasteiger partial charge in [0.1, 0.15) is 11.5 Å². The fourth-order valence-corrected chi connectivity index (χ4v) is 2.69. The fourth-order valence-electron chi connectivity index (χ4n) is 2.69. The Morgan fingerprint density at radius 2 is 1.96 bits per heavy atom. The van der Waals surface area contributed by atoms with Crippen molar-refractivity contribution < 1.29 is 4.79 Å². The van der Waals surface area contributed by atoms with Crippen LogP contribution in [0.15, 0.2) is 54.7 Å². The Hall–Kier alpha value is -2.95. The minimum absolute atomic E-state index is 0.194. The van der Waals surface area contributed by atoms with E-state index in [1.54, 1.807) is 10.9 Å². The van der Waals surface area contributed by atoms with E-state index >= 15 is 0 Å². The molecule has 1 fully saturated rings. The normalized spacial score (nSPS) is 13.7. The lowest BCUT2D eigenvalue weighted by Gasteiger charge is -2.09. The molecule has 5 nitrogen and oxygen atoms in total. The van der Waals surface area contributed by atoms with E-state index in [1.165, 1.54) is 0 Å². The number of amides is 1. The number of hydrogen-bond donors (Lipinski definition) is 1. The first kappa shape index (κ1) is 14.6. The van der Waals surface area contributed by atoms with E-state index in [9.17, 15) is 4.79 Å². The molecule has 0 unspecified atom stereocenters. The standard InChI is InChI=1S/C19H18N4O/c1-13-6-5-11-20-18(13)21-19(24)17-12-16(14-9-10-14)22-23(17)15-7-3-2-4-8-15/h2-8,11-12,14H,9-10H2,1H3,(H,20,21,24). The van der Waals surface area contributed by atoms with E-state index in [2.05, 4.69) is 15.4 Å². The van der Waals surface area contributed by atoms with Gasteiger partial charge in [0.15, 0.2) is 0 Å². The van der Waals surface area contributed by atoms with E-state index in [-0.39, 0.29) is 5.91 Å². The van der Waals surface area contributed by atoms with Crippen molar-refractivity contribution in [1.82, 2.24) is 14.8 Å². The molecule has 0 spiro atoms. The number of pyridine rings is 1. The Balaban J connectivity index is 1.71. The zero-order valence-electron chi connectivity index (χ0n) is 13.4. The zero-order valence-corrected chi connectivity index (χ0v) is 13.4.